The molecule has 126 valence electrons. The van der Waals surface area contributed by atoms with E-state index in [9.17, 15) is 4.79 Å². The molecule has 0 bridgehead atoms. The smallest absolute Gasteiger partial charge is 0.408 e. The van der Waals surface area contributed by atoms with E-state index in [1.807, 2.05) is 33.1 Å². The van der Waals surface area contributed by atoms with Crippen molar-refractivity contribution in [1.29, 1.82) is 0 Å². The third kappa shape index (κ3) is 6.32. The molecule has 0 saturated heterocycles. The summed E-state index contributed by atoms with van der Waals surface area (Å²) in [6.07, 6.45) is 1.32. The summed E-state index contributed by atoms with van der Waals surface area (Å²) in [5.74, 6) is 0. The Kier molecular flexibility index (Phi) is 6.81. The van der Waals surface area contributed by atoms with Gasteiger partial charge >= 0.3 is 6.09 Å². The number of rotatable bonds is 7. The lowest BCUT2D eigenvalue weighted by atomic mass is 9.93. The molecule has 2 N–H and O–H groups in total. The fraction of sp³-hybridized carbons (Fsp3) is 0.750. The number of carbonyl (C=O) groups excluding carboxylic acids is 1. The van der Waals surface area contributed by atoms with Crippen LogP contribution in [0.4, 0.5) is 4.79 Å². The highest BCUT2D eigenvalue weighted by Gasteiger charge is 2.30. The Morgan fingerprint density at radius 1 is 1.32 bits per heavy atom. The Morgan fingerprint density at radius 3 is 2.41 bits per heavy atom. The summed E-state index contributed by atoms with van der Waals surface area (Å²) < 4.78 is 5.38. The molecule has 5 nitrogen and oxygen atoms in total. The van der Waals surface area contributed by atoms with Crippen LogP contribution in [0, 0.1) is 6.92 Å². The van der Waals surface area contributed by atoms with E-state index < -0.39 is 5.60 Å². The van der Waals surface area contributed by atoms with E-state index in [0.717, 1.165) is 30.1 Å². The first-order valence-corrected chi connectivity index (χ1v) is 8.70. The molecule has 1 rings (SSSR count). The van der Waals surface area contributed by atoms with Gasteiger partial charge in [-0.15, -0.1) is 11.3 Å². The van der Waals surface area contributed by atoms with E-state index in [-0.39, 0.29) is 11.6 Å². The highest BCUT2D eigenvalue weighted by molar-refractivity contribution is 7.09. The minimum absolute atomic E-state index is 0.297. The molecule has 6 heteroatoms. The summed E-state index contributed by atoms with van der Waals surface area (Å²) in [5.41, 5.74) is 0.267. The van der Waals surface area contributed by atoms with Gasteiger partial charge in [0.15, 0.2) is 0 Å². The van der Waals surface area contributed by atoms with Crippen molar-refractivity contribution in [3.05, 3.63) is 16.1 Å². The molecule has 0 radical (unpaired) electrons. The van der Waals surface area contributed by atoms with E-state index in [4.69, 9.17) is 4.74 Å². The number of thiazole rings is 1. The summed E-state index contributed by atoms with van der Waals surface area (Å²) in [6.45, 7) is 13.2. The molecule has 0 aliphatic carbocycles. The number of alkyl carbamates (subject to hydrolysis) is 1. The van der Waals surface area contributed by atoms with Crippen molar-refractivity contribution in [1.82, 2.24) is 15.6 Å². The van der Waals surface area contributed by atoms with Gasteiger partial charge in [0.05, 0.1) is 5.54 Å². The number of aromatic nitrogens is 1. The maximum Gasteiger partial charge on any atom is 0.408 e. The molecular weight excluding hydrogens is 298 g/mol. The highest BCUT2D eigenvalue weighted by atomic mass is 32.1. The van der Waals surface area contributed by atoms with Gasteiger partial charge in [0.1, 0.15) is 10.6 Å². The summed E-state index contributed by atoms with van der Waals surface area (Å²) in [7, 11) is 0. The minimum atomic E-state index is -0.483. The van der Waals surface area contributed by atoms with Gasteiger partial charge in [0.2, 0.25) is 0 Å². The lowest BCUT2D eigenvalue weighted by Crippen LogP contribution is -2.55. The monoisotopic (exact) mass is 327 g/mol. The molecule has 0 unspecified atom stereocenters. The van der Waals surface area contributed by atoms with E-state index in [0.29, 0.717) is 6.54 Å². The van der Waals surface area contributed by atoms with Gasteiger partial charge in [0, 0.05) is 24.2 Å². The van der Waals surface area contributed by atoms with Crippen molar-refractivity contribution in [3.8, 4) is 0 Å². The zero-order valence-electron chi connectivity index (χ0n) is 14.6. The number of ether oxygens (including phenoxy) is 1. The van der Waals surface area contributed by atoms with Crippen LogP contribution in [0.5, 0.6) is 0 Å². The van der Waals surface area contributed by atoms with Gasteiger partial charge < -0.3 is 15.4 Å². The molecule has 0 atom stereocenters. The first-order valence-electron chi connectivity index (χ1n) is 7.82. The second-order valence-corrected chi connectivity index (χ2v) is 7.54. The maximum atomic E-state index is 12.1. The van der Waals surface area contributed by atoms with Gasteiger partial charge in [-0.25, -0.2) is 9.78 Å². The van der Waals surface area contributed by atoms with E-state index in [1.54, 1.807) is 11.3 Å². The molecule has 1 aromatic heterocycles. The average molecular weight is 327 g/mol. The number of nitrogens with one attached hydrogen (secondary N) is 2. The van der Waals surface area contributed by atoms with Gasteiger partial charge in [-0.1, -0.05) is 13.8 Å². The third-order valence-corrected chi connectivity index (χ3v) is 4.49. The number of carbonyl (C=O) groups is 1. The quantitative estimate of drug-likeness (QED) is 0.803. The van der Waals surface area contributed by atoms with Crippen LogP contribution in [0.2, 0.25) is 0 Å². The first kappa shape index (κ1) is 18.9. The summed E-state index contributed by atoms with van der Waals surface area (Å²) in [6, 6.07) is 0. The molecule has 1 aromatic rings. The summed E-state index contributed by atoms with van der Waals surface area (Å²) >= 11 is 1.65. The Bertz CT molecular complexity index is 476. The fourth-order valence-corrected chi connectivity index (χ4v) is 2.88. The summed E-state index contributed by atoms with van der Waals surface area (Å²) in [5, 5.41) is 9.55. The Balaban J connectivity index is 2.56. The van der Waals surface area contributed by atoms with E-state index >= 15 is 0 Å². The predicted octanol–water partition coefficient (Wildman–Crippen LogP) is 3.62. The lowest BCUT2D eigenvalue weighted by Gasteiger charge is -2.34. The lowest BCUT2D eigenvalue weighted by molar-refractivity contribution is 0.0446. The van der Waals surface area contributed by atoms with Crippen molar-refractivity contribution in [2.75, 3.05) is 6.54 Å². The second kappa shape index (κ2) is 7.92. The average Bonchev–Trinajstić information content (AvgIpc) is 2.81. The Morgan fingerprint density at radius 2 is 1.95 bits per heavy atom. The van der Waals surface area contributed by atoms with Crippen LogP contribution in [0.3, 0.4) is 0 Å². The number of hydrogen-bond acceptors (Lipinski definition) is 5. The van der Waals surface area contributed by atoms with Crippen LogP contribution in [0.25, 0.3) is 0 Å². The Labute approximate surface area is 137 Å². The van der Waals surface area contributed by atoms with Crippen LogP contribution in [-0.2, 0) is 11.3 Å². The maximum absolute atomic E-state index is 12.1. The van der Waals surface area contributed by atoms with Gasteiger partial charge in [0.25, 0.3) is 0 Å². The SMILES string of the molecule is CCC(CC)(CNCc1nc(C)cs1)NC(=O)OC(C)(C)C. The van der Waals surface area contributed by atoms with Crippen LogP contribution in [-0.4, -0.2) is 28.8 Å². The van der Waals surface area contributed by atoms with Crippen molar-refractivity contribution >= 4 is 17.4 Å². The number of aryl methyl sites for hydroxylation is 1. The molecule has 0 aliphatic rings. The summed E-state index contributed by atoms with van der Waals surface area (Å²) in [4.78, 5) is 16.5. The van der Waals surface area contributed by atoms with Crippen LogP contribution >= 0.6 is 11.3 Å². The van der Waals surface area contributed by atoms with E-state index in [1.165, 1.54) is 0 Å². The van der Waals surface area contributed by atoms with Crippen molar-refractivity contribution in [2.24, 2.45) is 0 Å². The standard InChI is InChI=1S/C16H29N3O2S/c1-7-16(8-2,19-14(20)21-15(4,5)6)11-17-9-13-18-12(3)10-22-13/h10,17H,7-9,11H2,1-6H3,(H,19,20). The van der Waals surface area contributed by atoms with Crippen molar-refractivity contribution < 1.29 is 9.53 Å². The topological polar surface area (TPSA) is 63.2 Å². The van der Waals surface area contributed by atoms with Crippen molar-refractivity contribution in [2.45, 2.75) is 72.1 Å². The molecule has 1 heterocycles. The molecule has 1 amide bonds. The third-order valence-electron chi connectivity index (χ3n) is 3.53. The van der Waals surface area contributed by atoms with Crippen molar-refractivity contribution in [3.63, 3.8) is 0 Å². The zero-order chi connectivity index (χ0) is 16.8. The van der Waals surface area contributed by atoms with Crippen LogP contribution in [0.15, 0.2) is 5.38 Å². The molecular formula is C16H29N3O2S. The number of hydrogen-bond donors (Lipinski definition) is 2. The number of nitrogens with zero attached hydrogens (tertiary/aromatic N) is 1. The van der Waals surface area contributed by atoms with Gasteiger partial charge in [-0.05, 0) is 40.5 Å². The molecule has 0 aliphatic heterocycles. The van der Waals surface area contributed by atoms with Gasteiger partial charge in [-0.3, -0.25) is 0 Å². The molecule has 22 heavy (non-hydrogen) atoms. The zero-order valence-corrected chi connectivity index (χ0v) is 15.4. The predicted molar refractivity (Wildman–Crippen MR) is 91.2 cm³/mol. The molecule has 0 fully saturated rings. The minimum Gasteiger partial charge on any atom is -0.444 e. The molecule has 0 spiro atoms. The largest absolute Gasteiger partial charge is 0.444 e. The first-order chi connectivity index (χ1) is 10.2. The molecule has 0 aromatic carbocycles. The molecule has 0 saturated carbocycles. The van der Waals surface area contributed by atoms with Gasteiger partial charge in [-0.2, -0.15) is 0 Å². The van der Waals surface area contributed by atoms with E-state index in [2.05, 4.69) is 29.5 Å². The normalized spacial score (nSPS) is 12.3. The highest BCUT2D eigenvalue weighted by Crippen LogP contribution is 2.17. The van der Waals surface area contributed by atoms with Crippen LogP contribution in [0.1, 0.15) is 58.2 Å². The fourth-order valence-electron chi connectivity index (χ4n) is 2.13. The Hall–Kier alpha value is -1.14. The second-order valence-electron chi connectivity index (χ2n) is 6.60. The number of amides is 1. The van der Waals surface area contributed by atoms with Crippen LogP contribution < -0.4 is 10.6 Å².